The molecule has 0 spiro atoms. The van der Waals surface area contributed by atoms with Gasteiger partial charge in [0.2, 0.25) is 0 Å². The molecule has 3 heteroatoms. The van der Waals surface area contributed by atoms with Crippen LogP contribution >= 0.6 is 0 Å². The van der Waals surface area contributed by atoms with Crippen molar-refractivity contribution in [1.82, 2.24) is 9.13 Å². The molecule has 0 saturated carbocycles. The van der Waals surface area contributed by atoms with Crippen LogP contribution in [-0.2, 0) is 14.1 Å². The van der Waals surface area contributed by atoms with Crippen molar-refractivity contribution in [3.8, 4) is 5.95 Å². The van der Waals surface area contributed by atoms with Gasteiger partial charge in [-0.05, 0) is 18.6 Å². The first-order valence-corrected chi connectivity index (χ1v) is 7.18. The SMILES string of the molecule is Cc1cccc2c3ccccc3n(-c3n(C)cc[n+]3C)c12. The lowest BCUT2D eigenvalue weighted by Crippen LogP contribution is -2.32. The van der Waals surface area contributed by atoms with E-state index in [-0.39, 0.29) is 0 Å². The van der Waals surface area contributed by atoms with Gasteiger partial charge in [-0.3, -0.25) is 0 Å². The maximum atomic E-state index is 2.36. The number of benzene rings is 2. The summed E-state index contributed by atoms with van der Waals surface area (Å²) < 4.78 is 6.69. The van der Waals surface area contributed by atoms with Crippen LogP contribution in [0.5, 0.6) is 0 Å². The van der Waals surface area contributed by atoms with Gasteiger partial charge in [-0.2, -0.15) is 4.57 Å². The molecule has 0 N–H and O–H groups in total. The maximum Gasteiger partial charge on any atom is 0.369 e. The Morgan fingerprint density at radius 1 is 0.952 bits per heavy atom. The Labute approximate surface area is 123 Å². The third kappa shape index (κ3) is 1.57. The number of aromatic nitrogens is 3. The van der Waals surface area contributed by atoms with Crippen LogP contribution in [0, 0.1) is 6.92 Å². The molecule has 104 valence electrons. The first kappa shape index (κ1) is 12.2. The molecule has 4 rings (SSSR count). The van der Waals surface area contributed by atoms with Gasteiger partial charge in [-0.1, -0.05) is 36.4 Å². The average Bonchev–Trinajstić information content (AvgIpc) is 2.98. The van der Waals surface area contributed by atoms with Crippen molar-refractivity contribution in [3.63, 3.8) is 0 Å². The average molecular weight is 276 g/mol. The summed E-state index contributed by atoms with van der Waals surface area (Å²) in [6.45, 7) is 2.18. The zero-order valence-electron chi connectivity index (χ0n) is 12.5. The van der Waals surface area contributed by atoms with Gasteiger partial charge in [0.15, 0.2) is 0 Å². The summed E-state index contributed by atoms with van der Waals surface area (Å²) in [5, 5.41) is 2.62. The first-order chi connectivity index (χ1) is 10.2. The molecule has 0 saturated heterocycles. The van der Waals surface area contributed by atoms with Crippen molar-refractivity contribution in [1.29, 1.82) is 0 Å². The number of hydrogen-bond donors (Lipinski definition) is 0. The minimum Gasteiger partial charge on any atom is -0.237 e. The van der Waals surface area contributed by atoms with E-state index >= 15 is 0 Å². The number of para-hydroxylation sites is 2. The second-order valence-corrected chi connectivity index (χ2v) is 5.64. The van der Waals surface area contributed by atoms with Gasteiger partial charge in [0.25, 0.3) is 0 Å². The van der Waals surface area contributed by atoms with E-state index in [1.54, 1.807) is 0 Å². The van der Waals surface area contributed by atoms with Crippen LogP contribution in [0.25, 0.3) is 27.8 Å². The predicted molar refractivity (Wildman–Crippen MR) is 85.7 cm³/mol. The highest BCUT2D eigenvalue weighted by atomic mass is 15.3. The van der Waals surface area contributed by atoms with E-state index in [1.807, 2.05) is 0 Å². The first-order valence-electron chi connectivity index (χ1n) is 7.18. The van der Waals surface area contributed by atoms with Crippen LogP contribution in [0.15, 0.2) is 54.9 Å². The summed E-state index contributed by atoms with van der Waals surface area (Å²) in [5.41, 5.74) is 3.83. The van der Waals surface area contributed by atoms with Gasteiger partial charge < -0.3 is 0 Å². The van der Waals surface area contributed by atoms with Crippen LogP contribution in [0.1, 0.15) is 5.56 Å². The number of hydrogen-bond acceptors (Lipinski definition) is 0. The summed E-state index contributed by atoms with van der Waals surface area (Å²) in [6, 6.07) is 15.2. The Kier molecular flexibility index (Phi) is 2.45. The Bertz CT molecular complexity index is 953. The molecule has 4 aromatic rings. The lowest BCUT2D eigenvalue weighted by atomic mass is 10.1. The summed E-state index contributed by atoms with van der Waals surface area (Å²) in [4.78, 5) is 0. The monoisotopic (exact) mass is 276 g/mol. The van der Waals surface area contributed by atoms with E-state index in [1.165, 1.54) is 27.4 Å². The van der Waals surface area contributed by atoms with E-state index in [4.69, 9.17) is 0 Å². The van der Waals surface area contributed by atoms with Gasteiger partial charge in [0.05, 0.1) is 26.5 Å². The quantitative estimate of drug-likeness (QED) is 0.474. The highest BCUT2D eigenvalue weighted by molar-refractivity contribution is 6.09. The van der Waals surface area contributed by atoms with Crippen LogP contribution in [0.2, 0.25) is 0 Å². The molecular weight excluding hydrogens is 258 g/mol. The minimum atomic E-state index is 1.16. The molecule has 0 aliphatic heterocycles. The van der Waals surface area contributed by atoms with Gasteiger partial charge in [0.1, 0.15) is 11.0 Å². The summed E-state index contributed by atoms with van der Waals surface area (Å²) in [5.74, 6) is 1.16. The number of nitrogens with zero attached hydrogens (tertiary/aromatic N) is 3. The third-order valence-corrected chi connectivity index (χ3v) is 4.24. The topological polar surface area (TPSA) is 13.7 Å². The van der Waals surface area contributed by atoms with Crippen LogP contribution < -0.4 is 4.57 Å². The minimum absolute atomic E-state index is 1.16. The van der Waals surface area contributed by atoms with Crippen LogP contribution in [-0.4, -0.2) is 9.13 Å². The summed E-state index contributed by atoms with van der Waals surface area (Å²) in [6.07, 6.45) is 4.18. The molecule has 2 heterocycles. The highest BCUT2D eigenvalue weighted by Crippen LogP contribution is 2.32. The molecule has 2 aromatic heterocycles. The fraction of sp³-hybridized carbons (Fsp3) is 0.167. The Hall–Kier alpha value is -2.55. The van der Waals surface area contributed by atoms with E-state index in [2.05, 4.69) is 89.6 Å². The molecule has 0 fully saturated rings. The van der Waals surface area contributed by atoms with Crippen LogP contribution in [0.3, 0.4) is 0 Å². The molecule has 0 unspecified atom stereocenters. The third-order valence-electron chi connectivity index (χ3n) is 4.24. The van der Waals surface area contributed by atoms with E-state index in [9.17, 15) is 0 Å². The number of aryl methyl sites for hydroxylation is 3. The van der Waals surface area contributed by atoms with E-state index < -0.39 is 0 Å². The van der Waals surface area contributed by atoms with Gasteiger partial charge in [0, 0.05) is 10.8 Å². The summed E-state index contributed by atoms with van der Waals surface area (Å²) in [7, 11) is 4.18. The van der Waals surface area contributed by atoms with Crippen molar-refractivity contribution in [2.45, 2.75) is 6.92 Å². The van der Waals surface area contributed by atoms with Crippen molar-refractivity contribution >= 4 is 21.8 Å². The van der Waals surface area contributed by atoms with Gasteiger partial charge >= 0.3 is 5.95 Å². The molecule has 21 heavy (non-hydrogen) atoms. The van der Waals surface area contributed by atoms with Crippen molar-refractivity contribution in [2.75, 3.05) is 0 Å². The second kappa shape index (κ2) is 4.22. The zero-order chi connectivity index (χ0) is 14.6. The smallest absolute Gasteiger partial charge is 0.237 e. The standard InChI is InChI=1S/C18H18N3/c1-13-7-6-9-15-14-8-4-5-10-16(14)21(17(13)15)18-19(2)11-12-20(18)3/h4-12H,1-3H3/q+1. The second-order valence-electron chi connectivity index (χ2n) is 5.64. The van der Waals surface area contributed by atoms with Crippen molar-refractivity contribution in [3.05, 3.63) is 60.4 Å². The fourth-order valence-electron chi connectivity index (χ4n) is 3.30. The fourth-order valence-corrected chi connectivity index (χ4v) is 3.30. The van der Waals surface area contributed by atoms with Crippen molar-refractivity contribution in [2.24, 2.45) is 14.1 Å². The largest absolute Gasteiger partial charge is 0.369 e. The Balaban J connectivity index is 2.31. The van der Waals surface area contributed by atoms with E-state index in [0.29, 0.717) is 0 Å². The summed E-state index contributed by atoms with van der Waals surface area (Å²) >= 11 is 0. The molecule has 0 atom stereocenters. The van der Waals surface area contributed by atoms with Crippen LogP contribution in [0.4, 0.5) is 0 Å². The number of fused-ring (bicyclic) bond motifs is 3. The Morgan fingerprint density at radius 3 is 2.48 bits per heavy atom. The molecule has 0 radical (unpaired) electrons. The molecule has 0 aliphatic rings. The molecule has 2 aromatic carbocycles. The molecule has 0 bridgehead atoms. The predicted octanol–water partition coefficient (Wildman–Crippen LogP) is 3.26. The molecule has 3 nitrogen and oxygen atoms in total. The Morgan fingerprint density at radius 2 is 1.71 bits per heavy atom. The van der Waals surface area contributed by atoms with Crippen molar-refractivity contribution < 1.29 is 4.57 Å². The van der Waals surface area contributed by atoms with E-state index in [0.717, 1.165) is 5.95 Å². The lowest BCUT2D eigenvalue weighted by molar-refractivity contribution is -0.664. The normalized spacial score (nSPS) is 11.6. The lowest BCUT2D eigenvalue weighted by Gasteiger charge is -2.04. The molecular formula is C18H18N3+. The van der Waals surface area contributed by atoms with Gasteiger partial charge in [-0.25, -0.2) is 9.13 Å². The zero-order valence-corrected chi connectivity index (χ0v) is 12.5. The highest BCUT2D eigenvalue weighted by Gasteiger charge is 2.23. The number of imidazole rings is 1. The number of rotatable bonds is 1. The van der Waals surface area contributed by atoms with Gasteiger partial charge in [-0.15, -0.1) is 0 Å². The molecule has 0 aliphatic carbocycles. The maximum absolute atomic E-state index is 2.36. The molecule has 0 amide bonds.